The molecule has 0 bridgehead atoms. The van der Waals surface area contributed by atoms with Gasteiger partial charge in [0.2, 0.25) is 17.7 Å². The largest absolute Gasteiger partial charge is 0.418 e. The highest BCUT2D eigenvalue weighted by Gasteiger charge is 2.34. The number of benzene rings is 1. The lowest BCUT2D eigenvalue weighted by Gasteiger charge is -2.35. The molecular weight excluding hydrogens is 389 g/mol. The van der Waals surface area contributed by atoms with Crippen molar-refractivity contribution in [1.29, 1.82) is 0 Å². The number of anilines is 1. The quantitative estimate of drug-likeness (QED) is 0.794. The molecule has 3 amide bonds. The van der Waals surface area contributed by atoms with Crippen LogP contribution in [0.1, 0.15) is 18.4 Å². The predicted molar refractivity (Wildman–Crippen MR) is 98.9 cm³/mol. The second kappa shape index (κ2) is 8.81. The normalized spacial score (nSPS) is 18.2. The van der Waals surface area contributed by atoms with Gasteiger partial charge in [0.25, 0.3) is 0 Å². The predicted octanol–water partition coefficient (Wildman–Crippen LogP) is 1.41. The molecule has 2 aliphatic rings. The van der Waals surface area contributed by atoms with Gasteiger partial charge in [0.1, 0.15) is 0 Å². The van der Waals surface area contributed by atoms with Gasteiger partial charge in [-0.05, 0) is 18.6 Å². The number of halogens is 3. The van der Waals surface area contributed by atoms with Crippen molar-refractivity contribution in [2.75, 3.05) is 51.1 Å². The van der Waals surface area contributed by atoms with Gasteiger partial charge in [-0.3, -0.25) is 19.3 Å². The van der Waals surface area contributed by atoms with E-state index in [2.05, 4.69) is 5.32 Å². The number of nitrogens with zero attached hydrogens (tertiary/aromatic N) is 3. The zero-order valence-corrected chi connectivity index (χ0v) is 15.9. The fraction of sp³-hybridized carbons (Fsp3) is 0.526. The molecule has 29 heavy (non-hydrogen) atoms. The number of para-hydroxylation sites is 1. The summed E-state index contributed by atoms with van der Waals surface area (Å²) in [6.45, 7) is 2.32. The average molecular weight is 412 g/mol. The summed E-state index contributed by atoms with van der Waals surface area (Å²) >= 11 is 0. The molecule has 0 aliphatic carbocycles. The van der Waals surface area contributed by atoms with Crippen molar-refractivity contribution in [3.63, 3.8) is 0 Å². The minimum absolute atomic E-state index is 0.00667. The standard InChI is InChI=1S/C19H23F3N4O3/c20-19(21,22)14-4-1-2-5-15(14)23-16(27)12-24-8-10-25(11-9-24)18(29)13-26-7-3-6-17(26)28/h1-2,4-5H,3,6-13H2,(H,23,27). The molecule has 0 radical (unpaired) electrons. The maximum absolute atomic E-state index is 13.0. The van der Waals surface area contributed by atoms with Gasteiger partial charge in [-0.2, -0.15) is 13.2 Å². The van der Waals surface area contributed by atoms with Gasteiger partial charge in [0.15, 0.2) is 0 Å². The van der Waals surface area contributed by atoms with E-state index >= 15 is 0 Å². The van der Waals surface area contributed by atoms with Crippen LogP contribution in [0.5, 0.6) is 0 Å². The Morgan fingerprint density at radius 1 is 1.00 bits per heavy atom. The zero-order chi connectivity index (χ0) is 21.0. The Morgan fingerprint density at radius 2 is 1.69 bits per heavy atom. The Bertz CT molecular complexity index is 776. The molecular formula is C19H23F3N4O3. The van der Waals surface area contributed by atoms with Crippen molar-refractivity contribution < 1.29 is 27.6 Å². The SMILES string of the molecule is O=C(CN1CCN(C(=O)CN2CCCC2=O)CC1)Nc1ccccc1C(F)(F)F. The van der Waals surface area contributed by atoms with E-state index in [0.29, 0.717) is 39.1 Å². The molecule has 3 rings (SSSR count). The lowest BCUT2D eigenvalue weighted by atomic mass is 10.1. The molecule has 2 fully saturated rings. The molecule has 0 unspecified atom stereocenters. The van der Waals surface area contributed by atoms with Crippen LogP contribution >= 0.6 is 0 Å². The third kappa shape index (κ3) is 5.47. The van der Waals surface area contributed by atoms with Crippen LogP contribution < -0.4 is 5.32 Å². The van der Waals surface area contributed by atoms with Crippen LogP contribution in [0, 0.1) is 0 Å². The highest BCUT2D eigenvalue weighted by atomic mass is 19.4. The second-order valence-corrected chi connectivity index (χ2v) is 7.17. The number of likely N-dealkylation sites (tertiary alicyclic amines) is 1. The Hall–Kier alpha value is -2.62. The number of nitrogens with one attached hydrogen (secondary N) is 1. The maximum Gasteiger partial charge on any atom is 0.418 e. The molecule has 1 N–H and O–H groups in total. The number of piperazine rings is 1. The molecule has 2 aliphatic heterocycles. The van der Waals surface area contributed by atoms with Crippen LogP contribution in [0.4, 0.5) is 18.9 Å². The first kappa shape index (κ1) is 21.1. The number of hydrogen-bond donors (Lipinski definition) is 1. The Morgan fingerprint density at radius 3 is 2.31 bits per heavy atom. The highest BCUT2D eigenvalue weighted by molar-refractivity contribution is 5.93. The Kier molecular flexibility index (Phi) is 6.41. The molecule has 7 nitrogen and oxygen atoms in total. The number of amides is 3. The molecule has 1 aromatic carbocycles. The van der Waals surface area contributed by atoms with Gasteiger partial charge in [0.05, 0.1) is 24.3 Å². The van der Waals surface area contributed by atoms with Crippen LogP contribution in [-0.2, 0) is 20.6 Å². The summed E-state index contributed by atoms with van der Waals surface area (Å²) in [5.74, 6) is -0.666. The summed E-state index contributed by atoms with van der Waals surface area (Å²) < 4.78 is 39.1. The van der Waals surface area contributed by atoms with Gasteiger partial charge in [-0.15, -0.1) is 0 Å². The summed E-state index contributed by atoms with van der Waals surface area (Å²) in [6, 6.07) is 4.84. The highest BCUT2D eigenvalue weighted by Crippen LogP contribution is 2.34. The van der Waals surface area contributed by atoms with E-state index in [9.17, 15) is 27.6 Å². The fourth-order valence-electron chi connectivity index (χ4n) is 3.52. The van der Waals surface area contributed by atoms with Crippen LogP contribution in [0.3, 0.4) is 0 Å². The second-order valence-electron chi connectivity index (χ2n) is 7.17. The topological polar surface area (TPSA) is 73.0 Å². The molecule has 0 aromatic heterocycles. The van der Waals surface area contributed by atoms with E-state index in [1.165, 1.54) is 18.2 Å². The summed E-state index contributed by atoms with van der Waals surface area (Å²) in [5, 5.41) is 2.33. The number of rotatable bonds is 5. The summed E-state index contributed by atoms with van der Waals surface area (Å²) in [7, 11) is 0. The molecule has 2 heterocycles. The minimum Gasteiger partial charge on any atom is -0.339 e. The van der Waals surface area contributed by atoms with Crippen LogP contribution in [0.15, 0.2) is 24.3 Å². The van der Waals surface area contributed by atoms with Crippen molar-refractivity contribution in [2.45, 2.75) is 19.0 Å². The van der Waals surface area contributed by atoms with Gasteiger partial charge in [0, 0.05) is 39.1 Å². The maximum atomic E-state index is 13.0. The Labute approximate surface area is 166 Å². The number of alkyl halides is 3. The molecule has 1 aromatic rings. The summed E-state index contributed by atoms with van der Waals surface area (Å²) in [4.78, 5) is 41.2. The average Bonchev–Trinajstić information content (AvgIpc) is 3.06. The first-order valence-electron chi connectivity index (χ1n) is 9.48. The molecule has 0 saturated carbocycles. The van der Waals surface area contributed by atoms with Crippen LogP contribution in [-0.4, -0.2) is 78.2 Å². The fourth-order valence-corrected chi connectivity index (χ4v) is 3.52. The van der Waals surface area contributed by atoms with Gasteiger partial charge >= 0.3 is 6.18 Å². The van der Waals surface area contributed by atoms with E-state index in [0.717, 1.165) is 12.5 Å². The van der Waals surface area contributed by atoms with Crippen LogP contribution in [0.25, 0.3) is 0 Å². The van der Waals surface area contributed by atoms with Crippen molar-refractivity contribution in [2.24, 2.45) is 0 Å². The third-order valence-corrected chi connectivity index (χ3v) is 5.10. The molecule has 10 heteroatoms. The molecule has 2 saturated heterocycles. The summed E-state index contributed by atoms with van der Waals surface area (Å²) in [6.07, 6.45) is -3.30. The molecule has 158 valence electrons. The number of carbonyl (C=O) groups excluding carboxylic acids is 3. The molecule has 0 atom stereocenters. The van der Waals surface area contributed by atoms with Gasteiger partial charge < -0.3 is 15.1 Å². The van der Waals surface area contributed by atoms with E-state index < -0.39 is 17.6 Å². The van der Waals surface area contributed by atoms with Crippen molar-refractivity contribution in [1.82, 2.24) is 14.7 Å². The number of carbonyl (C=O) groups is 3. The smallest absolute Gasteiger partial charge is 0.339 e. The Balaban J connectivity index is 1.47. The lowest BCUT2D eigenvalue weighted by molar-refractivity contribution is -0.139. The van der Waals surface area contributed by atoms with E-state index in [1.807, 2.05) is 0 Å². The lowest BCUT2D eigenvalue weighted by Crippen LogP contribution is -2.52. The van der Waals surface area contributed by atoms with Crippen molar-refractivity contribution in [3.05, 3.63) is 29.8 Å². The third-order valence-electron chi connectivity index (χ3n) is 5.10. The summed E-state index contributed by atoms with van der Waals surface area (Å²) in [5.41, 5.74) is -1.16. The first-order valence-corrected chi connectivity index (χ1v) is 9.48. The van der Waals surface area contributed by atoms with Crippen LogP contribution in [0.2, 0.25) is 0 Å². The van der Waals surface area contributed by atoms with E-state index in [-0.39, 0.29) is 30.6 Å². The first-order chi connectivity index (χ1) is 13.7. The van der Waals surface area contributed by atoms with E-state index in [4.69, 9.17) is 0 Å². The number of hydrogen-bond acceptors (Lipinski definition) is 4. The monoisotopic (exact) mass is 412 g/mol. The van der Waals surface area contributed by atoms with Gasteiger partial charge in [-0.1, -0.05) is 12.1 Å². The molecule has 0 spiro atoms. The van der Waals surface area contributed by atoms with Gasteiger partial charge in [-0.25, -0.2) is 0 Å². The zero-order valence-electron chi connectivity index (χ0n) is 15.9. The minimum atomic E-state index is -4.55. The van der Waals surface area contributed by atoms with E-state index in [1.54, 1.807) is 14.7 Å². The van der Waals surface area contributed by atoms with Crippen molar-refractivity contribution >= 4 is 23.4 Å². The van der Waals surface area contributed by atoms with Crippen molar-refractivity contribution in [3.8, 4) is 0 Å².